The maximum Gasteiger partial charge on any atom is 0.327 e. The highest BCUT2D eigenvalue weighted by molar-refractivity contribution is 7.99. The second-order valence-corrected chi connectivity index (χ2v) is 5.44. The van der Waals surface area contributed by atoms with Crippen molar-refractivity contribution in [3.63, 3.8) is 0 Å². The van der Waals surface area contributed by atoms with Crippen LogP contribution >= 0.6 is 11.8 Å². The summed E-state index contributed by atoms with van der Waals surface area (Å²) in [5.41, 5.74) is 0. The molecule has 2 fully saturated rings. The van der Waals surface area contributed by atoms with Crippen LogP contribution < -0.4 is 0 Å². The molecule has 2 N–H and O–H groups in total. The van der Waals surface area contributed by atoms with Crippen LogP contribution in [0.2, 0.25) is 0 Å². The standard InChI is InChI=1S/C10H16N2O4S/c13-7-1-2-11(5-7)10(16)12-3-4-17-6-8(12)9(14)15/h7-8,13H,1-6H2,(H,14,15). The van der Waals surface area contributed by atoms with E-state index in [1.165, 1.54) is 9.80 Å². The molecule has 0 bridgehead atoms. The van der Waals surface area contributed by atoms with Crippen molar-refractivity contribution in [2.75, 3.05) is 31.1 Å². The molecule has 0 aromatic carbocycles. The predicted molar refractivity (Wildman–Crippen MR) is 63.0 cm³/mol. The van der Waals surface area contributed by atoms with Crippen LogP contribution in [0.25, 0.3) is 0 Å². The number of carboxylic acids is 1. The Kier molecular flexibility index (Phi) is 3.78. The van der Waals surface area contributed by atoms with E-state index in [2.05, 4.69) is 0 Å². The smallest absolute Gasteiger partial charge is 0.327 e. The first-order chi connectivity index (χ1) is 8.09. The highest BCUT2D eigenvalue weighted by Crippen LogP contribution is 2.20. The molecule has 7 heteroatoms. The number of nitrogens with zero attached hydrogens (tertiary/aromatic N) is 2. The third-order valence-corrected chi connectivity index (χ3v) is 4.12. The molecule has 0 saturated carbocycles. The number of rotatable bonds is 1. The molecule has 2 aliphatic heterocycles. The van der Waals surface area contributed by atoms with E-state index in [-0.39, 0.29) is 6.03 Å². The summed E-state index contributed by atoms with van der Waals surface area (Å²) in [6.07, 6.45) is 0.105. The zero-order valence-corrected chi connectivity index (χ0v) is 10.2. The molecule has 0 spiro atoms. The summed E-state index contributed by atoms with van der Waals surface area (Å²) >= 11 is 1.55. The molecule has 0 aliphatic carbocycles. The van der Waals surface area contributed by atoms with E-state index in [1.807, 2.05) is 0 Å². The number of β-amino-alcohol motifs (C(OH)–C–C–N with tert-alkyl or cyclic N) is 1. The second kappa shape index (κ2) is 5.14. The van der Waals surface area contributed by atoms with E-state index in [0.717, 1.165) is 5.75 Å². The van der Waals surface area contributed by atoms with E-state index < -0.39 is 18.1 Å². The Labute approximate surface area is 104 Å². The zero-order chi connectivity index (χ0) is 12.4. The van der Waals surface area contributed by atoms with Gasteiger partial charge in [-0.15, -0.1) is 0 Å². The lowest BCUT2D eigenvalue weighted by molar-refractivity contribution is -0.141. The Morgan fingerprint density at radius 2 is 2.06 bits per heavy atom. The number of urea groups is 1. The number of hydrogen-bond acceptors (Lipinski definition) is 4. The highest BCUT2D eigenvalue weighted by Gasteiger charge is 2.36. The molecule has 0 aromatic rings. The quantitative estimate of drug-likeness (QED) is 0.675. The van der Waals surface area contributed by atoms with Crippen molar-refractivity contribution in [1.82, 2.24) is 9.80 Å². The molecule has 2 unspecified atom stereocenters. The number of aliphatic carboxylic acids is 1. The third-order valence-electron chi connectivity index (χ3n) is 3.09. The van der Waals surface area contributed by atoms with Crippen LogP contribution in [0.5, 0.6) is 0 Å². The Morgan fingerprint density at radius 3 is 2.65 bits per heavy atom. The van der Waals surface area contributed by atoms with Crippen LogP contribution in [-0.4, -0.2) is 75.3 Å². The van der Waals surface area contributed by atoms with Gasteiger partial charge >= 0.3 is 12.0 Å². The fraction of sp³-hybridized carbons (Fsp3) is 0.800. The summed E-state index contributed by atoms with van der Waals surface area (Å²) in [6.45, 7) is 1.29. The summed E-state index contributed by atoms with van der Waals surface area (Å²) in [6, 6.07) is -0.992. The Morgan fingerprint density at radius 1 is 1.29 bits per heavy atom. The summed E-state index contributed by atoms with van der Waals surface area (Å²) in [7, 11) is 0. The van der Waals surface area contributed by atoms with Gasteiger partial charge in [0.1, 0.15) is 6.04 Å². The van der Waals surface area contributed by atoms with Crippen LogP contribution in [0, 0.1) is 0 Å². The molecule has 2 atom stereocenters. The summed E-state index contributed by atoms with van der Waals surface area (Å²) < 4.78 is 0. The predicted octanol–water partition coefficient (Wildman–Crippen LogP) is -0.325. The average Bonchev–Trinajstić information content (AvgIpc) is 2.75. The molecule has 2 aliphatic rings. The van der Waals surface area contributed by atoms with Crippen LogP contribution in [0.4, 0.5) is 4.79 Å². The number of aliphatic hydroxyl groups excluding tert-OH is 1. The first-order valence-corrected chi connectivity index (χ1v) is 6.79. The van der Waals surface area contributed by atoms with Gasteiger partial charge in [0.05, 0.1) is 6.10 Å². The van der Waals surface area contributed by atoms with Crippen molar-refractivity contribution in [3.05, 3.63) is 0 Å². The lowest BCUT2D eigenvalue weighted by Gasteiger charge is -2.35. The van der Waals surface area contributed by atoms with Crippen LogP contribution in [-0.2, 0) is 4.79 Å². The minimum atomic E-state index is -0.953. The number of carbonyl (C=O) groups excluding carboxylic acids is 1. The fourth-order valence-corrected chi connectivity index (χ4v) is 3.17. The van der Waals surface area contributed by atoms with Crippen molar-refractivity contribution in [2.45, 2.75) is 18.6 Å². The largest absolute Gasteiger partial charge is 0.480 e. The zero-order valence-electron chi connectivity index (χ0n) is 9.41. The molecular weight excluding hydrogens is 244 g/mol. The summed E-state index contributed by atoms with van der Waals surface area (Å²) in [5, 5.41) is 18.5. The minimum Gasteiger partial charge on any atom is -0.480 e. The van der Waals surface area contributed by atoms with Crippen molar-refractivity contribution in [1.29, 1.82) is 0 Å². The third kappa shape index (κ3) is 2.66. The molecule has 2 heterocycles. The lowest BCUT2D eigenvalue weighted by Crippen LogP contribution is -2.54. The maximum absolute atomic E-state index is 12.1. The van der Waals surface area contributed by atoms with Gasteiger partial charge in [0, 0.05) is 31.1 Å². The first kappa shape index (κ1) is 12.5. The second-order valence-electron chi connectivity index (χ2n) is 4.29. The van der Waals surface area contributed by atoms with Crippen LogP contribution in [0.15, 0.2) is 0 Å². The number of likely N-dealkylation sites (tertiary alicyclic amines) is 1. The monoisotopic (exact) mass is 260 g/mol. The number of amides is 2. The van der Waals surface area contributed by atoms with Crippen LogP contribution in [0.3, 0.4) is 0 Å². The molecule has 0 aromatic heterocycles. The minimum absolute atomic E-state index is 0.255. The lowest BCUT2D eigenvalue weighted by atomic mass is 10.3. The van der Waals surface area contributed by atoms with E-state index >= 15 is 0 Å². The number of hydrogen-bond donors (Lipinski definition) is 2. The molecule has 17 heavy (non-hydrogen) atoms. The van der Waals surface area contributed by atoms with Gasteiger partial charge in [0.25, 0.3) is 0 Å². The van der Waals surface area contributed by atoms with Crippen molar-refractivity contribution < 1.29 is 19.8 Å². The van der Waals surface area contributed by atoms with Gasteiger partial charge in [0.2, 0.25) is 0 Å². The van der Waals surface area contributed by atoms with Crippen LogP contribution in [0.1, 0.15) is 6.42 Å². The molecule has 0 radical (unpaired) electrons. The van der Waals surface area contributed by atoms with E-state index in [1.54, 1.807) is 11.8 Å². The highest BCUT2D eigenvalue weighted by atomic mass is 32.2. The Balaban J connectivity index is 2.03. The molecule has 96 valence electrons. The molecule has 2 rings (SSSR count). The summed E-state index contributed by atoms with van der Waals surface area (Å²) in [4.78, 5) is 26.2. The van der Waals surface area contributed by atoms with Gasteiger partial charge in [-0.3, -0.25) is 0 Å². The number of carboxylic acid groups (broad SMARTS) is 1. The SMILES string of the molecule is O=C(O)C1CSCCN1C(=O)N1CCC(O)C1. The summed E-state index contributed by atoms with van der Waals surface area (Å²) in [5.74, 6) is 0.258. The fourth-order valence-electron chi connectivity index (χ4n) is 2.13. The molecule has 2 amide bonds. The molecule has 2 saturated heterocycles. The number of thioether (sulfide) groups is 1. The van der Waals surface area contributed by atoms with Crippen molar-refractivity contribution in [3.8, 4) is 0 Å². The van der Waals surface area contributed by atoms with Gasteiger partial charge in [0.15, 0.2) is 0 Å². The Bertz CT molecular complexity index is 325. The van der Waals surface area contributed by atoms with E-state index in [4.69, 9.17) is 5.11 Å². The van der Waals surface area contributed by atoms with Gasteiger partial charge in [-0.2, -0.15) is 11.8 Å². The van der Waals surface area contributed by atoms with Crippen molar-refractivity contribution >= 4 is 23.8 Å². The maximum atomic E-state index is 12.1. The topological polar surface area (TPSA) is 81.1 Å². The average molecular weight is 260 g/mol. The van der Waals surface area contributed by atoms with Gasteiger partial charge < -0.3 is 20.0 Å². The molecular formula is C10H16N2O4S. The number of carbonyl (C=O) groups is 2. The van der Waals surface area contributed by atoms with Crippen molar-refractivity contribution in [2.24, 2.45) is 0 Å². The first-order valence-electron chi connectivity index (χ1n) is 5.63. The normalized spacial score (nSPS) is 29.5. The van der Waals surface area contributed by atoms with Gasteiger partial charge in [-0.1, -0.05) is 0 Å². The molecule has 6 nitrogen and oxygen atoms in total. The van der Waals surface area contributed by atoms with E-state index in [9.17, 15) is 14.7 Å². The number of aliphatic hydroxyl groups is 1. The van der Waals surface area contributed by atoms with E-state index in [0.29, 0.717) is 31.8 Å². The Hall–Kier alpha value is -0.950. The van der Waals surface area contributed by atoms with Gasteiger partial charge in [-0.05, 0) is 6.42 Å². The van der Waals surface area contributed by atoms with Gasteiger partial charge in [-0.25, -0.2) is 9.59 Å².